The van der Waals surface area contributed by atoms with Crippen LogP contribution in [0.15, 0.2) is 33.8 Å². The van der Waals surface area contributed by atoms with Crippen LogP contribution < -0.4 is 4.72 Å². The lowest BCUT2D eigenvalue weighted by molar-refractivity contribution is 0.600. The number of sulfonamides is 1. The summed E-state index contributed by atoms with van der Waals surface area (Å²) in [5, 5.41) is 0.458. The molecule has 0 bridgehead atoms. The predicted octanol–water partition coefficient (Wildman–Crippen LogP) is 3.57. The van der Waals surface area contributed by atoms with Crippen molar-refractivity contribution in [2.24, 2.45) is 0 Å². The summed E-state index contributed by atoms with van der Waals surface area (Å²) < 4.78 is 27.8. The third-order valence-electron chi connectivity index (χ3n) is 3.43. The molecule has 0 unspecified atom stereocenters. The van der Waals surface area contributed by atoms with Gasteiger partial charge in [0, 0.05) is 9.50 Å². The molecule has 1 aromatic carbocycles. The molecule has 0 saturated heterocycles. The van der Waals surface area contributed by atoms with Gasteiger partial charge in [-0.1, -0.05) is 11.6 Å². The lowest BCUT2D eigenvalue weighted by Gasteiger charge is -2.15. The van der Waals surface area contributed by atoms with E-state index in [-0.39, 0.29) is 10.7 Å². The maximum Gasteiger partial charge on any atom is 0.264 e. The zero-order valence-electron chi connectivity index (χ0n) is 11.5. The third kappa shape index (κ3) is 3.26. The van der Waals surface area contributed by atoms with Crippen molar-refractivity contribution in [3.8, 4) is 0 Å². The molecule has 1 aliphatic rings. The van der Waals surface area contributed by atoms with E-state index < -0.39 is 10.0 Å². The van der Waals surface area contributed by atoms with Crippen LogP contribution >= 0.6 is 27.5 Å². The summed E-state index contributed by atoms with van der Waals surface area (Å²) >= 11 is 9.06. The Morgan fingerprint density at radius 3 is 2.64 bits per heavy atom. The van der Waals surface area contributed by atoms with Crippen molar-refractivity contribution >= 4 is 43.4 Å². The van der Waals surface area contributed by atoms with Crippen LogP contribution in [0.4, 0.5) is 5.82 Å². The molecule has 0 fully saturated rings. The largest absolute Gasteiger partial charge is 0.264 e. The average Bonchev–Trinajstić information content (AvgIpc) is 2.46. The summed E-state index contributed by atoms with van der Waals surface area (Å²) in [5.74, 6) is 0.238. The van der Waals surface area contributed by atoms with Gasteiger partial charge in [-0.2, -0.15) is 0 Å². The summed E-state index contributed by atoms with van der Waals surface area (Å²) in [6, 6.07) is 4.51. The van der Waals surface area contributed by atoms with Crippen LogP contribution in [0, 0.1) is 0 Å². The molecular formula is C14H13BrClN3O2S. The van der Waals surface area contributed by atoms with Crippen LogP contribution in [0.25, 0.3) is 0 Å². The Bertz CT molecular complexity index is 827. The van der Waals surface area contributed by atoms with E-state index >= 15 is 0 Å². The number of anilines is 1. The van der Waals surface area contributed by atoms with E-state index in [1.807, 2.05) is 0 Å². The van der Waals surface area contributed by atoms with Gasteiger partial charge in [0.2, 0.25) is 0 Å². The normalized spacial score (nSPS) is 14.5. The van der Waals surface area contributed by atoms with E-state index in [9.17, 15) is 8.42 Å². The van der Waals surface area contributed by atoms with Gasteiger partial charge >= 0.3 is 0 Å². The number of nitrogens with one attached hydrogen (secondary N) is 1. The predicted molar refractivity (Wildman–Crippen MR) is 88.6 cm³/mol. The molecule has 1 heterocycles. The Kier molecular flexibility index (Phi) is 4.38. The number of benzene rings is 1. The second kappa shape index (κ2) is 6.14. The molecule has 8 heteroatoms. The summed E-state index contributed by atoms with van der Waals surface area (Å²) in [4.78, 5) is 8.80. The minimum atomic E-state index is -3.75. The summed E-state index contributed by atoms with van der Waals surface area (Å²) in [6.07, 6.45) is 5.36. The highest BCUT2D eigenvalue weighted by Crippen LogP contribution is 2.27. The van der Waals surface area contributed by atoms with Gasteiger partial charge in [0.05, 0.1) is 17.6 Å². The SMILES string of the molecule is O=S(=O)(Nc1cnc2c(n1)CCCC2)c1ccc(Cl)cc1Br. The third-order valence-corrected chi connectivity index (χ3v) is 6.00. The summed E-state index contributed by atoms with van der Waals surface area (Å²) in [7, 11) is -3.75. The number of halogens is 2. The zero-order valence-corrected chi connectivity index (χ0v) is 14.7. The van der Waals surface area contributed by atoms with Gasteiger partial charge in [-0.15, -0.1) is 0 Å². The quantitative estimate of drug-likeness (QED) is 0.852. The van der Waals surface area contributed by atoms with Gasteiger partial charge in [0.1, 0.15) is 4.90 Å². The molecular weight excluding hydrogens is 390 g/mol. The molecule has 0 atom stereocenters. The fourth-order valence-electron chi connectivity index (χ4n) is 2.38. The van der Waals surface area contributed by atoms with Crippen molar-refractivity contribution in [2.45, 2.75) is 30.6 Å². The van der Waals surface area contributed by atoms with Crippen LogP contribution in [0.2, 0.25) is 5.02 Å². The lowest BCUT2D eigenvalue weighted by Crippen LogP contribution is -2.17. The first-order valence-electron chi connectivity index (χ1n) is 6.78. The molecule has 1 aliphatic carbocycles. The Hall–Kier alpha value is -1.18. The maximum absolute atomic E-state index is 12.4. The summed E-state index contributed by atoms with van der Waals surface area (Å²) in [5.41, 5.74) is 1.84. The van der Waals surface area contributed by atoms with Crippen molar-refractivity contribution < 1.29 is 8.42 Å². The van der Waals surface area contributed by atoms with Gasteiger partial charge in [-0.25, -0.2) is 13.4 Å². The Morgan fingerprint density at radius 2 is 1.91 bits per heavy atom. The molecule has 0 amide bonds. The van der Waals surface area contributed by atoms with E-state index in [0.717, 1.165) is 37.1 Å². The number of hydrogen-bond donors (Lipinski definition) is 1. The Balaban J connectivity index is 1.91. The molecule has 1 N–H and O–H groups in total. The smallest absolute Gasteiger partial charge is 0.262 e. The fourth-order valence-corrected chi connectivity index (χ4v) is 4.75. The van der Waals surface area contributed by atoms with E-state index in [1.165, 1.54) is 24.4 Å². The van der Waals surface area contributed by atoms with Crippen LogP contribution in [-0.4, -0.2) is 18.4 Å². The Morgan fingerprint density at radius 1 is 1.18 bits per heavy atom. The van der Waals surface area contributed by atoms with Gasteiger partial charge in [-0.05, 0) is 59.8 Å². The number of hydrogen-bond acceptors (Lipinski definition) is 4. The second-order valence-corrected chi connectivity index (χ2v) is 7.98. The van der Waals surface area contributed by atoms with Crippen LogP contribution in [0.3, 0.4) is 0 Å². The zero-order chi connectivity index (χ0) is 15.7. The first-order valence-corrected chi connectivity index (χ1v) is 9.44. The van der Waals surface area contributed by atoms with Gasteiger partial charge in [0.15, 0.2) is 5.82 Å². The van der Waals surface area contributed by atoms with E-state index in [2.05, 4.69) is 30.6 Å². The summed E-state index contributed by atoms with van der Waals surface area (Å²) in [6.45, 7) is 0. The van der Waals surface area contributed by atoms with Gasteiger partial charge < -0.3 is 0 Å². The van der Waals surface area contributed by atoms with Crippen molar-refractivity contribution in [1.82, 2.24) is 9.97 Å². The van der Waals surface area contributed by atoms with Crippen molar-refractivity contribution in [3.63, 3.8) is 0 Å². The molecule has 0 aliphatic heterocycles. The van der Waals surface area contributed by atoms with E-state index in [0.29, 0.717) is 9.50 Å². The first-order chi connectivity index (χ1) is 10.5. The maximum atomic E-state index is 12.4. The molecule has 0 saturated carbocycles. The number of fused-ring (bicyclic) bond motifs is 1. The van der Waals surface area contributed by atoms with Gasteiger partial charge in [-0.3, -0.25) is 9.71 Å². The van der Waals surface area contributed by atoms with Crippen LogP contribution in [-0.2, 0) is 22.9 Å². The van der Waals surface area contributed by atoms with Crippen molar-refractivity contribution in [2.75, 3.05) is 4.72 Å². The molecule has 3 rings (SSSR count). The first kappa shape index (κ1) is 15.7. The molecule has 5 nitrogen and oxygen atoms in total. The number of nitrogens with zero attached hydrogens (tertiary/aromatic N) is 2. The lowest BCUT2D eigenvalue weighted by atomic mass is 10.0. The minimum absolute atomic E-state index is 0.108. The molecule has 0 spiro atoms. The number of aryl methyl sites for hydroxylation is 2. The minimum Gasteiger partial charge on any atom is -0.262 e. The molecule has 2 aromatic rings. The monoisotopic (exact) mass is 401 g/mol. The van der Waals surface area contributed by atoms with Crippen LogP contribution in [0.5, 0.6) is 0 Å². The van der Waals surface area contributed by atoms with Crippen molar-refractivity contribution in [1.29, 1.82) is 0 Å². The van der Waals surface area contributed by atoms with E-state index in [4.69, 9.17) is 11.6 Å². The topological polar surface area (TPSA) is 72.0 Å². The number of rotatable bonds is 3. The highest BCUT2D eigenvalue weighted by atomic mass is 79.9. The highest BCUT2D eigenvalue weighted by Gasteiger charge is 2.20. The molecule has 0 radical (unpaired) electrons. The molecule has 1 aromatic heterocycles. The standard InChI is InChI=1S/C14H13BrClN3O2S/c15-10-7-9(16)5-6-13(10)22(20,21)19-14-8-17-11-3-1-2-4-12(11)18-14/h5-8H,1-4H2,(H,18,19). The number of aromatic nitrogens is 2. The highest BCUT2D eigenvalue weighted by molar-refractivity contribution is 9.10. The van der Waals surface area contributed by atoms with Gasteiger partial charge in [0.25, 0.3) is 10.0 Å². The van der Waals surface area contributed by atoms with Crippen molar-refractivity contribution in [3.05, 3.63) is 45.3 Å². The molecule has 22 heavy (non-hydrogen) atoms. The average molecular weight is 403 g/mol. The second-order valence-electron chi connectivity index (χ2n) is 5.04. The van der Waals surface area contributed by atoms with E-state index in [1.54, 1.807) is 0 Å². The van der Waals surface area contributed by atoms with Crippen LogP contribution in [0.1, 0.15) is 24.2 Å². The Labute approximate surface area is 142 Å². The fraction of sp³-hybridized carbons (Fsp3) is 0.286. The molecule has 116 valence electrons.